The molecule has 6 aromatic rings. The lowest BCUT2D eigenvalue weighted by atomic mass is 9.77. The smallest absolute Gasteiger partial charge is 0.399 e. The molecule has 0 radical (unpaired) electrons. The molecule has 8 rings (SSSR count). The Kier molecular flexibility index (Phi) is 8.65. The Morgan fingerprint density at radius 3 is 1.57 bits per heavy atom. The van der Waals surface area contributed by atoms with Gasteiger partial charge in [0.15, 0.2) is 0 Å². The summed E-state index contributed by atoms with van der Waals surface area (Å²) in [5.41, 5.74) is 5.43. The highest BCUT2D eigenvalue weighted by atomic mass is 32.2. The molecule has 0 spiro atoms. The summed E-state index contributed by atoms with van der Waals surface area (Å²) in [5.74, 6) is 0. The van der Waals surface area contributed by atoms with Gasteiger partial charge in [-0.1, -0.05) is 66.7 Å². The minimum Gasteiger partial charge on any atom is -0.399 e. The first-order valence-corrected chi connectivity index (χ1v) is 18.8. The fraction of sp³-hybridized carbons (Fsp3) is 0.143. The van der Waals surface area contributed by atoms with Crippen molar-refractivity contribution in [2.45, 2.75) is 48.7 Å². The van der Waals surface area contributed by atoms with Crippen molar-refractivity contribution in [3.05, 3.63) is 146 Å². The number of azo groups is 2. The lowest BCUT2D eigenvalue weighted by Gasteiger charge is -2.35. The Balaban J connectivity index is 1.29. The number of benzene rings is 6. The van der Waals surface area contributed by atoms with Gasteiger partial charge in [0.2, 0.25) is 9.84 Å². The fourth-order valence-corrected chi connectivity index (χ4v) is 8.05. The third kappa shape index (κ3) is 6.48. The summed E-state index contributed by atoms with van der Waals surface area (Å²) in [7, 11) is -4.79. The summed E-state index contributed by atoms with van der Waals surface area (Å²) in [6.07, 6.45) is 0. The van der Waals surface area contributed by atoms with Gasteiger partial charge in [0.1, 0.15) is 0 Å². The third-order valence-electron chi connectivity index (χ3n) is 9.89. The van der Waals surface area contributed by atoms with Gasteiger partial charge in [-0.2, -0.15) is 20.5 Å². The number of rotatable bonds is 7. The van der Waals surface area contributed by atoms with E-state index in [1.54, 1.807) is 18.2 Å². The maximum Gasteiger partial charge on any atom is 0.494 e. The molecule has 2 aliphatic heterocycles. The van der Waals surface area contributed by atoms with E-state index >= 15 is 0 Å². The van der Waals surface area contributed by atoms with Crippen LogP contribution < -0.4 is 10.4 Å². The summed E-state index contributed by atoms with van der Waals surface area (Å²) in [4.78, 5) is 2.35. The van der Waals surface area contributed by atoms with Crippen molar-refractivity contribution in [3.63, 3.8) is 0 Å². The molecule has 0 atom stereocenters. The number of nitrogens with zero attached hydrogens (tertiary/aromatic N) is 5. The molecule has 1 fully saturated rings. The van der Waals surface area contributed by atoms with Crippen LogP contribution in [0.5, 0.6) is 0 Å². The second-order valence-corrected chi connectivity index (χ2v) is 15.8. The zero-order valence-electron chi connectivity index (χ0n) is 29.7. The summed E-state index contributed by atoms with van der Waals surface area (Å²) < 4.78 is 42.3. The highest BCUT2D eigenvalue weighted by molar-refractivity contribution is 7.92. The van der Waals surface area contributed by atoms with E-state index in [-0.39, 0.29) is 9.79 Å². The van der Waals surface area contributed by atoms with Crippen LogP contribution in [0, 0.1) is 0 Å². The van der Waals surface area contributed by atoms with Crippen LogP contribution in [0.3, 0.4) is 0 Å². The zero-order valence-corrected chi connectivity index (χ0v) is 30.5. The Morgan fingerprint density at radius 2 is 1.02 bits per heavy atom. The summed E-state index contributed by atoms with van der Waals surface area (Å²) in [5, 5.41) is 17.6. The van der Waals surface area contributed by atoms with Gasteiger partial charge < -0.3 is 14.2 Å². The highest BCUT2D eigenvalue weighted by Crippen LogP contribution is 2.52. The molecule has 0 bridgehead atoms. The molecule has 0 aliphatic carbocycles. The summed E-state index contributed by atoms with van der Waals surface area (Å²) in [6, 6.07) is 45.0. The SMILES string of the molecule is CC1(C)OB(c2cc(-c3ccc(N=Nc4ccccc4)cc3)c3c(c2)S(=O)(=O)c2ccccc2N3c2ccc(N=Nc3ccccc3)cc2)OC1(C)C. The minimum atomic E-state index is -4.00. The quantitative estimate of drug-likeness (QED) is 0.121. The second-order valence-electron chi connectivity index (χ2n) is 13.9. The van der Waals surface area contributed by atoms with Crippen LogP contribution in [0.15, 0.2) is 176 Å². The lowest BCUT2D eigenvalue weighted by Crippen LogP contribution is -2.41. The largest absolute Gasteiger partial charge is 0.494 e. The van der Waals surface area contributed by atoms with Gasteiger partial charge in [0.25, 0.3) is 0 Å². The molecule has 0 unspecified atom stereocenters. The molecule has 53 heavy (non-hydrogen) atoms. The summed E-state index contributed by atoms with van der Waals surface area (Å²) in [6.45, 7) is 7.92. The van der Waals surface area contributed by atoms with E-state index in [1.807, 2.05) is 160 Å². The van der Waals surface area contributed by atoms with E-state index in [9.17, 15) is 8.42 Å². The van der Waals surface area contributed by atoms with Gasteiger partial charge in [-0.3, -0.25) is 0 Å². The van der Waals surface area contributed by atoms with Crippen LogP contribution in [0.2, 0.25) is 0 Å². The van der Waals surface area contributed by atoms with E-state index in [4.69, 9.17) is 9.31 Å². The van der Waals surface area contributed by atoms with Crippen molar-refractivity contribution < 1.29 is 17.7 Å². The van der Waals surface area contributed by atoms with Gasteiger partial charge in [-0.25, -0.2) is 8.42 Å². The monoisotopic (exact) mass is 717 g/mol. The van der Waals surface area contributed by atoms with Crippen molar-refractivity contribution in [2.24, 2.45) is 20.5 Å². The van der Waals surface area contributed by atoms with Crippen LogP contribution >= 0.6 is 0 Å². The Bertz CT molecular complexity index is 2460. The van der Waals surface area contributed by atoms with Crippen LogP contribution in [0.4, 0.5) is 39.8 Å². The van der Waals surface area contributed by atoms with Gasteiger partial charge in [0.05, 0.1) is 55.1 Å². The predicted molar refractivity (Wildman–Crippen MR) is 209 cm³/mol. The van der Waals surface area contributed by atoms with Gasteiger partial charge in [-0.15, -0.1) is 0 Å². The molecular weight excluding hydrogens is 681 g/mol. The van der Waals surface area contributed by atoms with Crippen molar-refractivity contribution in [3.8, 4) is 11.1 Å². The van der Waals surface area contributed by atoms with Crippen molar-refractivity contribution in [1.82, 2.24) is 0 Å². The number of hydrogen-bond acceptors (Lipinski definition) is 9. The molecule has 6 aromatic carbocycles. The fourth-order valence-electron chi connectivity index (χ4n) is 6.37. The number of fused-ring (bicyclic) bond motifs is 2. The highest BCUT2D eigenvalue weighted by Gasteiger charge is 2.52. The minimum absolute atomic E-state index is 0.152. The van der Waals surface area contributed by atoms with E-state index in [1.165, 1.54) is 0 Å². The molecule has 0 aromatic heterocycles. The molecule has 1 saturated heterocycles. The molecule has 0 N–H and O–H groups in total. The third-order valence-corrected chi connectivity index (χ3v) is 11.7. The molecule has 0 saturated carbocycles. The number of sulfone groups is 1. The molecule has 0 amide bonds. The first-order valence-electron chi connectivity index (χ1n) is 17.3. The van der Waals surface area contributed by atoms with Crippen molar-refractivity contribution >= 4 is 62.2 Å². The molecule has 262 valence electrons. The van der Waals surface area contributed by atoms with Gasteiger partial charge >= 0.3 is 7.12 Å². The Hall–Kier alpha value is -5.75. The second kappa shape index (κ2) is 13.3. The molecule has 9 nitrogen and oxygen atoms in total. The topological polar surface area (TPSA) is 105 Å². The van der Waals surface area contributed by atoms with Gasteiger partial charge in [-0.05, 0) is 118 Å². The first-order chi connectivity index (χ1) is 25.5. The first kappa shape index (κ1) is 34.3. The normalized spacial score (nSPS) is 16.9. The molecule has 2 heterocycles. The number of anilines is 3. The average molecular weight is 718 g/mol. The van der Waals surface area contributed by atoms with Crippen molar-refractivity contribution in [1.29, 1.82) is 0 Å². The standard InChI is InChI=1S/C42H36BN5O4S/c1-41(2)42(3,4)52-43(51-41)30-27-36(29-19-21-33(22-20-29)46-44-31-13-7-5-8-14-31)40-39(28-30)53(49,50)38-18-12-11-17-37(38)48(40)35-25-23-34(24-26-35)47-45-32-15-9-6-10-16-32/h5-28H,1-4H3. The van der Waals surface area contributed by atoms with E-state index < -0.39 is 28.2 Å². The Morgan fingerprint density at radius 1 is 0.547 bits per heavy atom. The maximum atomic E-state index is 14.7. The van der Waals surface area contributed by atoms with Crippen LogP contribution in [0.25, 0.3) is 11.1 Å². The van der Waals surface area contributed by atoms with Crippen LogP contribution in [0.1, 0.15) is 27.7 Å². The summed E-state index contributed by atoms with van der Waals surface area (Å²) >= 11 is 0. The average Bonchev–Trinajstić information content (AvgIpc) is 3.40. The molecule has 2 aliphatic rings. The van der Waals surface area contributed by atoms with E-state index in [0.717, 1.165) is 22.6 Å². The lowest BCUT2D eigenvalue weighted by molar-refractivity contribution is 0.00578. The molecular formula is C42H36BN5O4S. The molecule has 11 heteroatoms. The van der Waals surface area contributed by atoms with Crippen LogP contribution in [-0.4, -0.2) is 26.7 Å². The van der Waals surface area contributed by atoms with E-state index in [2.05, 4.69) is 20.5 Å². The number of hydrogen-bond donors (Lipinski definition) is 0. The zero-order chi connectivity index (χ0) is 36.8. The van der Waals surface area contributed by atoms with Crippen molar-refractivity contribution in [2.75, 3.05) is 4.90 Å². The maximum absolute atomic E-state index is 14.7. The van der Waals surface area contributed by atoms with E-state index in [0.29, 0.717) is 33.8 Å². The predicted octanol–water partition coefficient (Wildman–Crippen LogP) is 11.1. The van der Waals surface area contributed by atoms with Crippen LogP contribution in [-0.2, 0) is 19.1 Å². The Labute approximate surface area is 309 Å². The number of para-hydroxylation sites is 1. The van der Waals surface area contributed by atoms with Gasteiger partial charge in [0, 0.05) is 11.3 Å².